The number of rotatable bonds is 3. The van der Waals surface area contributed by atoms with E-state index in [9.17, 15) is 5.11 Å². The van der Waals surface area contributed by atoms with Gasteiger partial charge in [0.25, 0.3) is 0 Å². The monoisotopic (exact) mass is 249 g/mol. The first kappa shape index (κ1) is 13.4. The Morgan fingerprint density at radius 1 is 1.33 bits per heavy atom. The number of benzene rings is 1. The molecule has 0 aliphatic heterocycles. The van der Waals surface area contributed by atoms with Crippen molar-refractivity contribution in [3.63, 3.8) is 0 Å². The van der Waals surface area contributed by atoms with Gasteiger partial charge in [-0.1, -0.05) is 18.6 Å². The number of nitrogens with two attached hydrogens (primary N) is 1. The molecule has 0 heterocycles. The van der Waals surface area contributed by atoms with Crippen molar-refractivity contribution < 1.29 is 9.84 Å². The summed E-state index contributed by atoms with van der Waals surface area (Å²) in [5.74, 6) is 0.830. The molecule has 3 nitrogen and oxygen atoms in total. The van der Waals surface area contributed by atoms with Crippen LogP contribution in [0.15, 0.2) is 18.2 Å². The Balaban J connectivity index is 2.18. The lowest BCUT2D eigenvalue weighted by molar-refractivity contribution is 0.00624. The van der Waals surface area contributed by atoms with Crippen molar-refractivity contribution in [2.24, 2.45) is 5.73 Å². The lowest BCUT2D eigenvalue weighted by Gasteiger charge is -2.29. The van der Waals surface area contributed by atoms with E-state index in [4.69, 9.17) is 10.5 Å². The van der Waals surface area contributed by atoms with E-state index in [1.807, 2.05) is 32.0 Å². The molecule has 1 aromatic rings. The molecule has 0 spiro atoms. The van der Waals surface area contributed by atoms with Crippen molar-refractivity contribution in [1.82, 2.24) is 0 Å². The molecule has 0 amide bonds. The molecule has 0 radical (unpaired) electrons. The van der Waals surface area contributed by atoms with Crippen LogP contribution < -0.4 is 10.5 Å². The summed E-state index contributed by atoms with van der Waals surface area (Å²) >= 11 is 0. The molecule has 0 saturated heterocycles. The van der Waals surface area contributed by atoms with Gasteiger partial charge in [-0.3, -0.25) is 0 Å². The lowest BCUT2D eigenvalue weighted by atomic mass is 9.94. The molecule has 1 saturated carbocycles. The third kappa shape index (κ3) is 3.03. The van der Waals surface area contributed by atoms with Gasteiger partial charge >= 0.3 is 0 Å². The molecule has 1 aliphatic carbocycles. The van der Waals surface area contributed by atoms with Gasteiger partial charge in [-0.15, -0.1) is 0 Å². The van der Waals surface area contributed by atoms with Crippen molar-refractivity contribution in [1.29, 1.82) is 0 Å². The van der Waals surface area contributed by atoms with Gasteiger partial charge in [0, 0.05) is 11.6 Å². The molecular formula is C15H23NO2. The quantitative estimate of drug-likeness (QED) is 0.866. The highest BCUT2D eigenvalue weighted by atomic mass is 16.5. The highest BCUT2D eigenvalue weighted by Crippen LogP contribution is 2.29. The first-order valence-electron chi connectivity index (χ1n) is 6.79. The third-order valence-corrected chi connectivity index (χ3v) is 3.61. The van der Waals surface area contributed by atoms with E-state index in [2.05, 4.69) is 0 Å². The zero-order chi connectivity index (χ0) is 13.1. The molecule has 100 valence electrons. The molecule has 1 fully saturated rings. The van der Waals surface area contributed by atoms with Crippen LogP contribution in [-0.4, -0.2) is 17.3 Å². The summed E-state index contributed by atoms with van der Waals surface area (Å²) in [4.78, 5) is 0. The first-order valence-corrected chi connectivity index (χ1v) is 6.79. The average molecular weight is 249 g/mol. The zero-order valence-corrected chi connectivity index (χ0v) is 11.2. The molecule has 3 heteroatoms. The number of aliphatic hydroxyl groups is 1. The van der Waals surface area contributed by atoms with Crippen molar-refractivity contribution >= 4 is 0 Å². The Hall–Kier alpha value is -1.06. The highest BCUT2D eigenvalue weighted by molar-refractivity contribution is 5.39. The normalized spacial score (nSPS) is 25.8. The van der Waals surface area contributed by atoms with Gasteiger partial charge in [0.15, 0.2) is 0 Å². The van der Waals surface area contributed by atoms with Crippen molar-refractivity contribution in [3.05, 3.63) is 29.3 Å². The Morgan fingerprint density at radius 3 is 2.72 bits per heavy atom. The summed E-state index contributed by atoms with van der Waals surface area (Å²) in [6, 6.07) is 6.02. The van der Waals surface area contributed by atoms with E-state index >= 15 is 0 Å². The number of hydrogen-bond acceptors (Lipinski definition) is 3. The van der Waals surface area contributed by atoms with E-state index in [0.29, 0.717) is 0 Å². The Morgan fingerprint density at radius 2 is 2.06 bits per heavy atom. The summed E-state index contributed by atoms with van der Waals surface area (Å²) in [5.41, 5.74) is 8.13. The Kier molecular flexibility index (Phi) is 4.25. The van der Waals surface area contributed by atoms with Gasteiger partial charge in [0.05, 0.1) is 6.10 Å². The number of aliphatic hydroxyl groups excluding tert-OH is 1. The number of aryl methyl sites for hydroxylation is 1. The zero-order valence-electron chi connectivity index (χ0n) is 11.2. The maximum absolute atomic E-state index is 9.97. The van der Waals surface area contributed by atoms with E-state index in [1.54, 1.807) is 0 Å². The molecule has 0 aromatic heterocycles. The van der Waals surface area contributed by atoms with Crippen LogP contribution in [-0.2, 0) is 0 Å². The molecule has 3 atom stereocenters. The summed E-state index contributed by atoms with van der Waals surface area (Å²) in [6.45, 7) is 3.99. The molecule has 3 N–H and O–H groups in total. The van der Waals surface area contributed by atoms with Crippen LogP contribution in [0.5, 0.6) is 5.75 Å². The third-order valence-electron chi connectivity index (χ3n) is 3.61. The van der Waals surface area contributed by atoms with Gasteiger partial charge in [-0.25, -0.2) is 0 Å². The van der Waals surface area contributed by atoms with E-state index in [1.165, 1.54) is 0 Å². The van der Waals surface area contributed by atoms with Crippen molar-refractivity contribution in [2.45, 2.75) is 57.8 Å². The summed E-state index contributed by atoms with van der Waals surface area (Å²) in [6.07, 6.45) is 3.55. The molecule has 1 aliphatic rings. The average Bonchev–Trinajstić information content (AvgIpc) is 2.32. The summed E-state index contributed by atoms with van der Waals surface area (Å²) in [5, 5.41) is 9.97. The second-order valence-electron chi connectivity index (χ2n) is 5.34. The topological polar surface area (TPSA) is 55.5 Å². The van der Waals surface area contributed by atoms with E-state index in [-0.39, 0.29) is 18.2 Å². The molecule has 2 rings (SSSR count). The minimum absolute atomic E-state index is 0.0543. The maximum Gasteiger partial charge on any atom is 0.124 e. The molecular weight excluding hydrogens is 226 g/mol. The largest absolute Gasteiger partial charge is 0.487 e. The van der Waals surface area contributed by atoms with E-state index < -0.39 is 0 Å². The number of ether oxygens (including phenoxy) is 1. The maximum atomic E-state index is 9.97. The second-order valence-corrected chi connectivity index (χ2v) is 5.34. The fraction of sp³-hybridized carbons (Fsp3) is 0.600. The van der Waals surface area contributed by atoms with Gasteiger partial charge in [-0.05, 0) is 44.7 Å². The van der Waals surface area contributed by atoms with E-state index in [0.717, 1.165) is 42.6 Å². The van der Waals surface area contributed by atoms with Crippen LogP contribution in [0.25, 0.3) is 0 Å². The molecule has 0 bridgehead atoms. The molecule has 18 heavy (non-hydrogen) atoms. The predicted octanol–water partition coefficient (Wildman–Crippen LogP) is 2.70. The van der Waals surface area contributed by atoms with Crippen LogP contribution in [0.2, 0.25) is 0 Å². The van der Waals surface area contributed by atoms with Crippen LogP contribution in [0.1, 0.15) is 49.8 Å². The lowest BCUT2D eigenvalue weighted by Crippen LogP contribution is -2.35. The van der Waals surface area contributed by atoms with Gasteiger partial charge in [-0.2, -0.15) is 0 Å². The molecule has 3 unspecified atom stereocenters. The smallest absolute Gasteiger partial charge is 0.124 e. The van der Waals surface area contributed by atoms with Gasteiger partial charge < -0.3 is 15.6 Å². The second kappa shape index (κ2) is 5.72. The standard InChI is InChI=1S/C15H23NO2/c1-10-7-8-12(11(2)16)15(9-10)18-14-6-4-3-5-13(14)17/h7-9,11,13-14,17H,3-6,16H2,1-2H3. The minimum Gasteiger partial charge on any atom is -0.487 e. The van der Waals surface area contributed by atoms with Crippen LogP contribution in [0.4, 0.5) is 0 Å². The molecule has 1 aromatic carbocycles. The first-order chi connectivity index (χ1) is 8.58. The van der Waals surface area contributed by atoms with Crippen LogP contribution >= 0.6 is 0 Å². The predicted molar refractivity (Wildman–Crippen MR) is 72.7 cm³/mol. The van der Waals surface area contributed by atoms with Crippen LogP contribution in [0.3, 0.4) is 0 Å². The summed E-state index contributed by atoms with van der Waals surface area (Å²) in [7, 11) is 0. The van der Waals surface area contributed by atoms with Gasteiger partial charge in [0.1, 0.15) is 11.9 Å². The van der Waals surface area contributed by atoms with Crippen LogP contribution in [0, 0.1) is 6.92 Å². The fourth-order valence-electron chi connectivity index (χ4n) is 2.50. The fourth-order valence-corrected chi connectivity index (χ4v) is 2.50. The minimum atomic E-state index is -0.347. The Labute approximate surface area is 109 Å². The number of hydrogen-bond donors (Lipinski definition) is 2. The van der Waals surface area contributed by atoms with Gasteiger partial charge in [0.2, 0.25) is 0 Å². The van der Waals surface area contributed by atoms with Crippen molar-refractivity contribution in [3.8, 4) is 5.75 Å². The Bertz CT molecular complexity index is 403. The SMILES string of the molecule is Cc1ccc(C(C)N)c(OC2CCCCC2O)c1. The highest BCUT2D eigenvalue weighted by Gasteiger charge is 2.25. The van der Waals surface area contributed by atoms with Crippen molar-refractivity contribution in [2.75, 3.05) is 0 Å². The summed E-state index contributed by atoms with van der Waals surface area (Å²) < 4.78 is 6.01.